The molecule has 53 heavy (non-hydrogen) atoms. The zero-order valence-electron chi connectivity index (χ0n) is 29.9. The summed E-state index contributed by atoms with van der Waals surface area (Å²) in [6, 6.07) is 15.2. The Hall–Kier alpha value is -4.77. The first-order chi connectivity index (χ1) is 25.3. The van der Waals surface area contributed by atoms with E-state index in [1.807, 2.05) is 39.0 Å². The van der Waals surface area contributed by atoms with Gasteiger partial charge in [-0.15, -0.1) is 0 Å². The van der Waals surface area contributed by atoms with Crippen molar-refractivity contribution in [2.45, 2.75) is 69.3 Å². The van der Waals surface area contributed by atoms with Gasteiger partial charge in [0, 0.05) is 53.2 Å². The molecule has 0 N–H and O–H groups in total. The molecule has 0 spiro atoms. The van der Waals surface area contributed by atoms with Crippen LogP contribution in [0.1, 0.15) is 50.9 Å². The predicted molar refractivity (Wildman–Crippen MR) is 196 cm³/mol. The van der Waals surface area contributed by atoms with Crippen molar-refractivity contribution in [3.63, 3.8) is 0 Å². The number of aryl methyl sites for hydroxylation is 1. The Morgan fingerprint density at radius 2 is 1.96 bits per heavy atom. The fourth-order valence-electron chi connectivity index (χ4n) is 8.40. The number of hydrogen-bond acceptors (Lipinski definition) is 7. The molecular formula is C40H39F2N5O5S. The molecule has 13 heteroatoms. The highest BCUT2D eigenvalue weighted by molar-refractivity contribution is 7.90. The van der Waals surface area contributed by atoms with Crippen LogP contribution < -0.4 is 0 Å². The van der Waals surface area contributed by atoms with Crippen LogP contribution in [-0.4, -0.2) is 80.1 Å². The molecule has 3 saturated heterocycles. The van der Waals surface area contributed by atoms with Crippen LogP contribution in [-0.2, 0) is 38.4 Å². The van der Waals surface area contributed by atoms with Crippen LogP contribution >= 0.6 is 0 Å². The van der Waals surface area contributed by atoms with Crippen molar-refractivity contribution in [1.82, 2.24) is 19.4 Å². The van der Waals surface area contributed by atoms with Crippen molar-refractivity contribution in [3.05, 3.63) is 71.4 Å². The molecule has 4 atom stereocenters. The lowest BCUT2D eigenvalue weighted by Crippen LogP contribution is -2.45. The Labute approximate surface area is 308 Å². The SMILES string of the molecule is C[S+]([O-])c1nc2c(F)c(-c3cccc4ccc(F)cc34)c(CCC#N)cc2c2c1cc(CN1CCOCC1=O)n2[C@H]1[C@@H]2C[C@H]1N(C(=O)OC(C)(C)C)C2. The highest BCUT2D eigenvalue weighted by atomic mass is 32.2. The Balaban J connectivity index is 1.40. The smallest absolute Gasteiger partial charge is 0.410 e. The number of pyridine rings is 1. The maximum absolute atomic E-state index is 17.5. The van der Waals surface area contributed by atoms with Gasteiger partial charge < -0.3 is 28.4 Å². The highest BCUT2D eigenvalue weighted by Gasteiger charge is 2.56. The lowest BCUT2D eigenvalue weighted by Gasteiger charge is -2.40. The van der Waals surface area contributed by atoms with E-state index in [4.69, 9.17) is 14.5 Å². The average molecular weight is 740 g/mol. The van der Waals surface area contributed by atoms with Gasteiger partial charge in [-0.1, -0.05) is 24.3 Å². The van der Waals surface area contributed by atoms with Crippen molar-refractivity contribution in [2.75, 3.05) is 32.6 Å². The number of nitriles is 1. The van der Waals surface area contributed by atoms with E-state index >= 15 is 4.39 Å². The summed E-state index contributed by atoms with van der Waals surface area (Å²) in [5.41, 5.74) is 1.88. The van der Waals surface area contributed by atoms with Gasteiger partial charge in [0.15, 0.2) is 5.82 Å². The summed E-state index contributed by atoms with van der Waals surface area (Å²) >= 11 is -1.66. The van der Waals surface area contributed by atoms with Gasteiger partial charge in [0.25, 0.3) is 5.03 Å². The minimum absolute atomic E-state index is 0.00386. The molecule has 1 aliphatic carbocycles. The average Bonchev–Trinajstić information content (AvgIpc) is 3.81. The first-order valence-electron chi connectivity index (χ1n) is 17.8. The maximum Gasteiger partial charge on any atom is 0.410 e. The van der Waals surface area contributed by atoms with Gasteiger partial charge in [-0.25, -0.2) is 13.6 Å². The molecule has 274 valence electrons. The first-order valence-corrected chi connectivity index (χ1v) is 19.3. The first kappa shape index (κ1) is 35.3. The number of ether oxygens (including phenoxy) is 2. The van der Waals surface area contributed by atoms with Gasteiger partial charge in [0.2, 0.25) is 5.91 Å². The molecule has 1 unspecified atom stereocenters. The molecule has 10 nitrogen and oxygen atoms in total. The molecule has 3 aromatic carbocycles. The van der Waals surface area contributed by atoms with Gasteiger partial charge in [0.05, 0.1) is 42.2 Å². The Morgan fingerprint density at radius 1 is 1.15 bits per heavy atom. The van der Waals surface area contributed by atoms with Crippen LogP contribution in [0, 0.1) is 28.9 Å². The Morgan fingerprint density at radius 3 is 2.70 bits per heavy atom. The van der Waals surface area contributed by atoms with Gasteiger partial charge in [-0.05, 0) is 79.8 Å². The highest BCUT2D eigenvalue weighted by Crippen LogP contribution is 2.53. The van der Waals surface area contributed by atoms with Crippen LogP contribution in [0.3, 0.4) is 0 Å². The second-order valence-corrected chi connectivity index (χ2v) is 16.4. The fraction of sp³-hybridized carbons (Fsp3) is 0.400. The summed E-state index contributed by atoms with van der Waals surface area (Å²) in [6.45, 7) is 6.90. The number of carbonyl (C=O) groups is 2. The normalized spacial score (nSPS) is 20.6. The molecule has 4 fully saturated rings. The Bertz CT molecular complexity index is 2370. The lowest BCUT2D eigenvalue weighted by molar-refractivity contribution is -0.143. The summed E-state index contributed by atoms with van der Waals surface area (Å²) < 4.78 is 58.9. The quantitative estimate of drug-likeness (QED) is 0.164. The van der Waals surface area contributed by atoms with E-state index in [0.717, 1.165) is 17.5 Å². The molecule has 9 rings (SSSR count). The Kier molecular flexibility index (Phi) is 8.83. The van der Waals surface area contributed by atoms with E-state index in [-0.39, 0.29) is 66.0 Å². The van der Waals surface area contributed by atoms with Crippen LogP contribution in [0.4, 0.5) is 13.6 Å². The number of rotatable bonds is 7. The standard InChI is InChI=1S/C40H39F2N5O5S/c1-40(2,3)52-39(49)46-19-24-16-31(46)36(24)47-26(20-45-13-14-51-21-32(45)48)18-30-37(47)29-15-23(8-6-12-43)33(34(42)35(29)44-38(30)53(4)50)27-9-5-7-22-10-11-25(41)17-28(22)27/h5,7,9-11,15,17-18,24,31,36H,6,8,13-14,16,19-21H2,1-4H3/t24-,31-,36+,53?/m1/s1. The fourth-order valence-corrected chi connectivity index (χ4v) is 9.08. The third-order valence-electron chi connectivity index (χ3n) is 10.6. The number of carbonyl (C=O) groups excluding carboxylic acids is 2. The summed E-state index contributed by atoms with van der Waals surface area (Å²) in [5, 5.41) is 12.1. The molecule has 5 aromatic rings. The second-order valence-electron chi connectivity index (χ2n) is 15.1. The van der Waals surface area contributed by atoms with Crippen molar-refractivity contribution in [3.8, 4) is 17.2 Å². The zero-order chi connectivity index (χ0) is 37.3. The zero-order valence-corrected chi connectivity index (χ0v) is 30.8. The molecule has 2 amide bonds. The number of benzene rings is 3. The van der Waals surface area contributed by atoms with Crippen LogP contribution in [0.25, 0.3) is 43.7 Å². The van der Waals surface area contributed by atoms with Gasteiger partial charge >= 0.3 is 6.09 Å². The number of hydrogen-bond donors (Lipinski definition) is 0. The molecular weight excluding hydrogens is 701 g/mol. The number of aromatic nitrogens is 2. The monoisotopic (exact) mass is 739 g/mol. The van der Waals surface area contributed by atoms with Gasteiger partial charge in [0.1, 0.15) is 29.8 Å². The van der Waals surface area contributed by atoms with E-state index in [9.17, 15) is 23.8 Å². The molecule has 2 bridgehead atoms. The summed E-state index contributed by atoms with van der Waals surface area (Å²) in [4.78, 5) is 34.7. The van der Waals surface area contributed by atoms with Crippen molar-refractivity contribution in [1.29, 1.82) is 5.26 Å². The van der Waals surface area contributed by atoms with E-state index in [1.54, 1.807) is 28.0 Å². The van der Waals surface area contributed by atoms with Crippen molar-refractivity contribution >= 4 is 55.8 Å². The van der Waals surface area contributed by atoms with Gasteiger partial charge in [-0.3, -0.25) is 4.79 Å². The number of amides is 2. The third-order valence-corrected chi connectivity index (χ3v) is 11.5. The predicted octanol–water partition coefficient (Wildman–Crippen LogP) is 7.02. The maximum atomic E-state index is 17.5. The van der Waals surface area contributed by atoms with E-state index in [2.05, 4.69) is 10.6 Å². The van der Waals surface area contributed by atoms with Crippen molar-refractivity contribution in [2.24, 2.45) is 5.92 Å². The van der Waals surface area contributed by atoms with Crippen LogP contribution in [0.5, 0.6) is 0 Å². The van der Waals surface area contributed by atoms with Gasteiger partial charge in [-0.2, -0.15) is 10.2 Å². The third kappa shape index (κ3) is 6.06. The molecule has 5 heterocycles. The number of fused-ring (bicyclic) bond motifs is 5. The summed E-state index contributed by atoms with van der Waals surface area (Å²) in [5.74, 6) is -1.24. The van der Waals surface area contributed by atoms with Crippen molar-refractivity contribution < 1.29 is 32.4 Å². The second kappa shape index (κ2) is 13.3. The number of nitrogens with zero attached hydrogens (tertiary/aromatic N) is 5. The number of halogens is 2. The largest absolute Gasteiger partial charge is 0.610 e. The molecule has 0 radical (unpaired) electrons. The van der Waals surface area contributed by atoms with E-state index in [0.29, 0.717) is 52.5 Å². The topological polar surface area (TPSA) is 124 Å². The lowest BCUT2D eigenvalue weighted by atomic mass is 9.79. The van der Waals surface area contributed by atoms with Crippen LogP contribution in [0.2, 0.25) is 0 Å². The van der Waals surface area contributed by atoms with E-state index in [1.165, 1.54) is 18.4 Å². The minimum Gasteiger partial charge on any atom is -0.610 e. The van der Waals surface area contributed by atoms with Crippen LogP contribution in [0.15, 0.2) is 53.6 Å². The minimum atomic E-state index is -1.66. The number of morpholine rings is 1. The molecule has 3 aliphatic heterocycles. The molecule has 1 saturated carbocycles. The molecule has 2 aromatic heterocycles. The molecule has 4 aliphatic rings. The summed E-state index contributed by atoms with van der Waals surface area (Å²) in [7, 11) is 0. The van der Waals surface area contributed by atoms with E-state index < -0.39 is 34.5 Å². The summed E-state index contributed by atoms with van der Waals surface area (Å²) in [6.07, 6.45) is 2.16.